The van der Waals surface area contributed by atoms with Gasteiger partial charge in [-0.2, -0.15) is 0 Å². The summed E-state index contributed by atoms with van der Waals surface area (Å²) in [5.74, 6) is 0.113. The van der Waals surface area contributed by atoms with Crippen LogP contribution in [0.5, 0.6) is 0 Å². The molecule has 0 bridgehead atoms. The molecule has 2 aliphatic heterocycles. The minimum absolute atomic E-state index is 0.0619. The van der Waals surface area contributed by atoms with Gasteiger partial charge in [0.05, 0.1) is 18.8 Å². The average molecular weight is 202 g/mol. The average Bonchev–Trinajstić information content (AvgIpc) is 2.16. The molecule has 0 aromatic carbocycles. The quantitative estimate of drug-likeness (QED) is 0.622. The van der Waals surface area contributed by atoms with Crippen LogP contribution >= 0.6 is 0 Å². The van der Waals surface area contributed by atoms with E-state index < -0.39 is 6.10 Å². The normalized spacial score (nSPS) is 54.0. The fourth-order valence-electron chi connectivity index (χ4n) is 2.07. The van der Waals surface area contributed by atoms with Gasteiger partial charge in [-0.3, -0.25) is 0 Å². The summed E-state index contributed by atoms with van der Waals surface area (Å²) >= 11 is 0. The molecule has 4 nitrogen and oxygen atoms in total. The van der Waals surface area contributed by atoms with Gasteiger partial charge < -0.3 is 19.3 Å². The molecule has 0 spiro atoms. The number of hydrogen-bond donors (Lipinski definition) is 1. The Hall–Kier alpha value is -0.160. The van der Waals surface area contributed by atoms with E-state index in [1.54, 1.807) is 0 Å². The van der Waals surface area contributed by atoms with Gasteiger partial charge >= 0.3 is 0 Å². The number of aliphatic hydroxyl groups is 1. The van der Waals surface area contributed by atoms with Crippen molar-refractivity contribution in [3.8, 4) is 0 Å². The fourth-order valence-corrected chi connectivity index (χ4v) is 2.07. The largest absolute Gasteiger partial charge is 0.390 e. The van der Waals surface area contributed by atoms with Gasteiger partial charge in [0.2, 0.25) is 0 Å². The van der Waals surface area contributed by atoms with Crippen LogP contribution in [0.25, 0.3) is 0 Å². The molecule has 2 heterocycles. The third-order valence-corrected chi connectivity index (χ3v) is 3.22. The minimum atomic E-state index is -0.449. The van der Waals surface area contributed by atoms with Crippen LogP contribution in [0.2, 0.25) is 0 Å². The second-order valence-electron chi connectivity index (χ2n) is 4.23. The summed E-state index contributed by atoms with van der Waals surface area (Å²) in [4.78, 5) is 0. The first-order chi connectivity index (χ1) is 6.59. The third kappa shape index (κ3) is 1.67. The summed E-state index contributed by atoms with van der Waals surface area (Å²) in [6.45, 7) is 6.31. The molecule has 2 fully saturated rings. The highest BCUT2D eigenvalue weighted by atomic mass is 16.7. The first kappa shape index (κ1) is 10.4. The number of hydrogen-bond acceptors (Lipinski definition) is 4. The second kappa shape index (κ2) is 3.77. The highest BCUT2D eigenvalue weighted by Crippen LogP contribution is 2.31. The maximum atomic E-state index is 10.0. The van der Waals surface area contributed by atoms with E-state index in [-0.39, 0.29) is 30.5 Å². The highest BCUT2D eigenvalue weighted by Gasteiger charge is 2.45. The lowest BCUT2D eigenvalue weighted by Gasteiger charge is -2.46. The van der Waals surface area contributed by atoms with Gasteiger partial charge in [-0.15, -0.1) is 0 Å². The molecule has 14 heavy (non-hydrogen) atoms. The van der Waals surface area contributed by atoms with E-state index in [9.17, 15) is 5.11 Å². The molecule has 2 aliphatic rings. The number of ether oxygens (including phenoxy) is 3. The van der Waals surface area contributed by atoms with E-state index in [1.165, 1.54) is 0 Å². The molecule has 0 aromatic heterocycles. The second-order valence-corrected chi connectivity index (χ2v) is 4.23. The molecule has 2 rings (SSSR count). The van der Waals surface area contributed by atoms with Crippen LogP contribution in [-0.4, -0.2) is 42.4 Å². The van der Waals surface area contributed by atoms with Crippen molar-refractivity contribution >= 4 is 0 Å². The Balaban J connectivity index is 2.08. The SMILES string of the molecule is CC1OCC2OC(C)C(C)C(O)C2O1. The number of aliphatic hydroxyl groups excluding tert-OH is 1. The molecule has 0 saturated carbocycles. The van der Waals surface area contributed by atoms with Crippen molar-refractivity contribution in [2.75, 3.05) is 6.61 Å². The topological polar surface area (TPSA) is 47.9 Å². The first-order valence-electron chi connectivity index (χ1n) is 5.20. The van der Waals surface area contributed by atoms with Crippen molar-refractivity contribution in [2.24, 2.45) is 5.92 Å². The molecule has 6 unspecified atom stereocenters. The molecule has 0 amide bonds. The van der Waals surface area contributed by atoms with Crippen LogP contribution in [0.15, 0.2) is 0 Å². The Morgan fingerprint density at radius 1 is 1.14 bits per heavy atom. The molecule has 2 saturated heterocycles. The lowest BCUT2D eigenvalue weighted by molar-refractivity contribution is -0.310. The van der Waals surface area contributed by atoms with Crippen molar-refractivity contribution in [1.82, 2.24) is 0 Å². The molecule has 6 atom stereocenters. The maximum Gasteiger partial charge on any atom is 0.155 e. The summed E-state index contributed by atoms with van der Waals surface area (Å²) in [7, 11) is 0. The summed E-state index contributed by atoms with van der Waals surface area (Å²) in [5, 5.41) is 10.0. The van der Waals surface area contributed by atoms with Gasteiger partial charge in [-0.25, -0.2) is 0 Å². The van der Waals surface area contributed by atoms with Crippen LogP contribution in [0.1, 0.15) is 20.8 Å². The van der Waals surface area contributed by atoms with E-state index in [0.29, 0.717) is 6.61 Å². The Kier molecular flexibility index (Phi) is 2.79. The van der Waals surface area contributed by atoms with Crippen LogP contribution < -0.4 is 0 Å². The van der Waals surface area contributed by atoms with Gasteiger partial charge in [0.25, 0.3) is 0 Å². The van der Waals surface area contributed by atoms with Crippen LogP contribution in [-0.2, 0) is 14.2 Å². The van der Waals surface area contributed by atoms with Gasteiger partial charge in [0, 0.05) is 5.92 Å². The lowest BCUT2D eigenvalue weighted by Crippen LogP contribution is -2.58. The van der Waals surface area contributed by atoms with Crippen molar-refractivity contribution in [3.05, 3.63) is 0 Å². The fraction of sp³-hybridized carbons (Fsp3) is 1.00. The van der Waals surface area contributed by atoms with E-state index >= 15 is 0 Å². The maximum absolute atomic E-state index is 10.0. The zero-order chi connectivity index (χ0) is 10.3. The van der Waals surface area contributed by atoms with Crippen molar-refractivity contribution < 1.29 is 19.3 Å². The Morgan fingerprint density at radius 2 is 1.86 bits per heavy atom. The highest BCUT2D eigenvalue weighted by molar-refractivity contribution is 4.91. The van der Waals surface area contributed by atoms with Crippen LogP contribution in [0.3, 0.4) is 0 Å². The molecule has 4 heteroatoms. The smallest absolute Gasteiger partial charge is 0.155 e. The zero-order valence-corrected chi connectivity index (χ0v) is 8.84. The molecular weight excluding hydrogens is 184 g/mol. The summed E-state index contributed by atoms with van der Waals surface area (Å²) < 4.78 is 16.6. The monoisotopic (exact) mass is 202 g/mol. The Morgan fingerprint density at radius 3 is 2.57 bits per heavy atom. The number of fused-ring (bicyclic) bond motifs is 1. The molecule has 0 aliphatic carbocycles. The van der Waals surface area contributed by atoms with Crippen molar-refractivity contribution in [1.29, 1.82) is 0 Å². The first-order valence-corrected chi connectivity index (χ1v) is 5.20. The molecule has 0 aromatic rings. The van der Waals surface area contributed by atoms with Crippen LogP contribution in [0.4, 0.5) is 0 Å². The summed E-state index contributed by atoms with van der Waals surface area (Å²) in [5.41, 5.74) is 0. The standard InChI is InChI=1S/C10H18O4/c1-5-6(2)13-8-4-12-7(3)14-10(8)9(5)11/h5-11H,4H2,1-3H3. The molecular formula is C10H18O4. The number of rotatable bonds is 0. The Labute approximate surface area is 84.1 Å². The van der Waals surface area contributed by atoms with E-state index in [1.807, 2.05) is 20.8 Å². The zero-order valence-electron chi connectivity index (χ0n) is 8.84. The third-order valence-electron chi connectivity index (χ3n) is 3.22. The summed E-state index contributed by atoms with van der Waals surface area (Å²) in [6, 6.07) is 0. The van der Waals surface area contributed by atoms with Gasteiger partial charge in [0.15, 0.2) is 6.29 Å². The van der Waals surface area contributed by atoms with Gasteiger partial charge in [-0.1, -0.05) is 6.92 Å². The van der Waals surface area contributed by atoms with Crippen molar-refractivity contribution in [2.45, 2.75) is 51.5 Å². The minimum Gasteiger partial charge on any atom is -0.390 e. The van der Waals surface area contributed by atoms with E-state index in [4.69, 9.17) is 14.2 Å². The van der Waals surface area contributed by atoms with E-state index in [0.717, 1.165) is 0 Å². The van der Waals surface area contributed by atoms with Gasteiger partial charge in [0.1, 0.15) is 12.2 Å². The molecule has 82 valence electrons. The van der Waals surface area contributed by atoms with Crippen LogP contribution in [0, 0.1) is 5.92 Å². The summed E-state index contributed by atoms with van der Waals surface area (Å²) in [6.07, 6.45) is -0.977. The predicted octanol–water partition coefficient (Wildman–Crippen LogP) is 0.532. The molecule has 0 radical (unpaired) electrons. The lowest BCUT2D eigenvalue weighted by atomic mass is 9.88. The Bertz CT molecular complexity index is 206. The van der Waals surface area contributed by atoms with E-state index in [2.05, 4.69) is 0 Å². The predicted molar refractivity (Wildman–Crippen MR) is 49.8 cm³/mol. The van der Waals surface area contributed by atoms with Gasteiger partial charge in [-0.05, 0) is 13.8 Å². The van der Waals surface area contributed by atoms with Crippen molar-refractivity contribution in [3.63, 3.8) is 0 Å². The molecule has 1 N–H and O–H groups in total.